The lowest BCUT2D eigenvalue weighted by Crippen LogP contribution is -2.09. The van der Waals surface area contributed by atoms with Crippen LogP contribution in [0.25, 0.3) is 0 Å². The predicted molar refractivity (Wildman–Crippen MR) is 115 cm³/mol. The first-order valence-electron chi connectivity index (χ1n) is 11.8. The molecule has 0 unspecified atom stereocenters. The van der Waals surface area contributed by atoms with Crippen molar-refractivity contribution in [2.75, 3.05) is 13.1 Å². The zero-order valence-electron chi connectivity index (χ0n) is 17.7. The minimum Gasteiger partial charge on any atom is -0.339 e. The first kappa shape index (κ1) is 23.2. The van der Waals surface area contributed by atoms with Gasteiger partial charge in [-0.05, 0) is 32.1 Å². The minimum atomic E-state index is 0.381. The maximum atomic E-state index is 11.5. The van der Waals surface area contributed by atoms with Crippen LogP contribution in [0.15, 0.2) is 12.2 Å². The molecule has 1 amide bonds. The van der Waals surface area contributed by atoms with Gasteiger partial charge in [-0.3, -0.25) is 4.79 Å². The van der Waals surface area contributed by atoms with Gasteiger partial charge >= 0.3 is 0 Å². The number of nitrogens with zero attached hydrogens (tertiary/aromatic N) is 1. The van der Waals surface area contributed by atoms with Gasteiger partial charge in [0, 0.05) is 19.5 Å². The minimum absolute atomic E-state index is 0.381. The topological polar surface area (TPSA) is 20.1 Å². The Bertz CT molecular complexity index is 346. The van der Waals surface area contributed by atoms with Gasteiger partial charge < -0.3 is 4.90 Å². The second-order valence-corrected chi connectivity index (χ2v) is 8.13. The lowest BCUT2D eigenvalue weighted by Gasteiger charge is -2.03. The summed E-state index contributed by atoms with van der Waals surface area (Å²) in [5.41, 5.74) is 0. The summed E-state index contributed by atoms with van der Waals surface area (Å²) in [7, 11) is 0. The summed E-state index contributed by atoms with van der Waals surface area (Å²) in [6, 6.07) is 0. The van der Waals surface area contributed by atoms with Gasteiger partial charge in [0.05, 0.1) is 0 Å². The number of unbranched alkanes of at least 4 members (excludes halogenated alkanes) is 15. The third kappa shape index (κ3) is 15.5. The number of hydrogen-bond donors (Lipinski definition) is 0. The number of allylic oxidation sites excluding steroid dienone is 2. The van der Waals surface area contributed by atoms with Gasteiger partial charge in [-0.25, -0.2) is 0 Å². The van der Waals surface area contributed by atoms with Gasteiger partial charge in [-0.1, -0.05) is 96.1 Å². The molecule has 0 aromatic carbocycles. The van der Waals surface area contributed by atoms with E-state index in [0.717, 1.165) is 25.9 Å². The second kappa shape index (κ2) is 17.6. The molecule has 0 aromatic heterocycles. The molecule has 0 aliphatic carbocycles. The Morgan fingerprint density at radius 1 is 0.654 bits per heavy atom. The molecule has 0 bridgehead atoms. The van der Waals surface area contributed by atoms with Crippen LogP contribution in [0.5, 0.6) is 0 Å². The molecule has 0 atom stereocenters. The van der Waals surface area contributed by atoms with Crippen LogP contribution < -0.4 is 0 Å². The fourth-order valence-electron chi connectivity index (χ4n) is 3.51. The molecule has 26 heavy (non-hydrogen) atoms. The Morgan fingerprint density at radius 2 is 1.08 bits per heavy atom. The van der Waals surface area contributed by atoms with Gasteiger partial charge in [0.2, 0.25) is 5.91 Å². The number of carbonyl (C=O) groups is 1. The van der Waals surface area contributed by atoms with Crippen molar-refractivity contribution in [2.45, 2.75) is 122 Å². The maximum Gasteiger partial charge on any atom is 0.222 e. The molecule has 1 heterocycles. The smallest absolute Gasteiger partial charge is 0.222 e. The summed E-state index contributed by atoms with van der Waals surface area (Å²) in [4.78, 5) is 13.5. The predicted octanol–water partition coefficient (Wildman–Crippen LogP) is 7.43. The summed E-state index contributed by atoms with van der Waals surface area (Å²) in [6.07, 6.45) is 28.5. The molecule has 2 heteroatoms. The fourth-order valence-corrected chi connectivity index (χ4v) is 3.51. The molecule has 1 aliphatic rings. The Balaban J connectivity index is 1.67. The number of hydrogen-bond acceptors (Lipinski definition) is 1. The van der Waals surface area contributed by atoms with Crippen molar-refractivity contribution in [3.63, 3.8) is 0 Å². The molecule has 0 N–H and O–H groups in total. The van der Waals surface area contributed by atoms with Gasteiger partial charge in [-0.15, -0.1) is 0 Å². The first-order chi connectivity index (χ1) is 12.8. The van der Waals surface area contributed by atoms with Crippen molar-refractivity contribution in [3.05, 3.63) is 12.2 Å². The highest BCUT2D eigenvalue weighted by atomic mass is 16.2. The molecule has 0 spiro atoms. The molecular formula is C24H45NO. The van der Waals surface area contributed by atoms with Gasteiger partial charge in [0.25, 0.3) is 0 Å². The normalized spacial score (nSPS) is 13.7. The van der Waals surface area contributed by atoms with E-state index in [4.69, 9.17) is 0 Å². The standard InChI is InChI=1S/C24H45NO/c1-2-3-4-5-6-7-8-9-10-11-12-13-14-15-16-17-18-19-20-21-24(26)25-22-23-25/h9-10H,2-8,11-23H2,1H3/b10-9-. The van der Waals surface area contributed by atoms with Crippen molar-refractivity contribution in [1.82, 2.24) is 4.90 Å². The highest BCUT2D eigenvalue weighted by Gasteiger charge is 2.22. The Labute approximate surface area is 163 Å². The molecule has 0 aromatic rings. The molecule has 1 aliphatic heterocycles. The summed E-state index contributed by atoms with van der Waals surface area (Å²) in [5, 5.41) is 0. The molecule has 1 fully saturated rings. The van der Waals surface area contributed by atoms with Crippen LogP contribution in [-0.4, -0.2) is 23.9 Å². The SMILES string of the molecule is CCCCCCCC/C=C\CCCCCCCCCCCC(=O)N1CC1. The van der Waals surface area contributed by atoms with Crippen molar-refractivity contribution >= 4 is 5.91 Å². The van der Waals surface area contributed by atoms with E-state index in [1.807, 2.05) is 4.90 Å². The fraction of sp³-hybridized carbons (Fsp3) is 0.875. The van der Waals surface area contributed by atoms with Crippen LogP contribution in [0.4, 0.5) is 0 Å². The number of rotatable bonds is 19. The van der Waals surface area contributed by atoms with Crippen molar-refractivity contribution < 1.29 is 4.79 Å². The van der Waals surface area contributed by atoms with Crippen LogP contribution in [0.1, 0.15) is 122 Å². The monoisotopic (exact) mass is 363 g/mol. The van der Waals surface area contributed by atoms with Crippen molar-refractivity contribution in [1.29, 1.82) is 0 Å². The average Bonchev–Trinajstić information content (AvgIpc) is 3.48. The van der Waals surface area contributed by atoms with Crippen LogP contribution in [-0.2, 0) is 4.79 Å². The molecule has 1 rings (SSSR count). The Kier molecular flexibility index (Phi) is 15.8. The zero-order valence-corrected chi connectivity index (χ0v) is 17.7. The van der Waals surface area contributed by atoms with Crippen LogP contribution in [0, 0.1) is 0 Å². The summed E-state index contributed by atoms with van der Waals surface area (Å²) in [5.74, 6) is 0.381. The highest BCUT2D eigenvalue weighted by molar-refractivity contribution is 5.78. The highest BCUT2D eigenvalue weighted by Crippen LogP contribution is 2.14. The van der Waals surface area contributed by atoms with Crippen molar-refractivity contribution in [3.8, 4) is 0 Å². The molecule has 2 nitrogen and oxygen atoms in total. The first-order valence-corrected chi connectivity index (χ1v) is 11.8. The van der Waals surface area contributed by atoms with Gasteiger partial charge in [0.15, 0.2) is 0 Å². The maximum absolute atomic E-state index is 11.5. The van der Waals surface area contributed by atoms with Crippen LogP contribution >= 0.6 is 0 Å². The lowest BCUT2D eigenvalue weighted by atomic mass is 10.1. The van der Waals surface area contributed by atoms with E-state index in [1.165, 1.54) is 103 Å². The summed E-state index contributed by atoms with van der Waals surface area (Å²) >= 11 is 0. The lowest BCUT2D eigenvalue weighted by molar-refractivity contribution is -0.125. The van der Waals surface area contributed by atoms with E-state index in [0.29, 0.717) is 5.91 Å². The Hall–Kier alpha value is -0.790. The molecular weight excluding hydrogens is 318 g/mol. The molecule has 152 valence electrons. The van der Waals surface area contributed by atoms with E-state index in [2.05, 4.69) is 19.1 Å². The van der Waals surface area contributed by atoms with E-state index < -0.39 is 0 Å². The van der Waals surface area contributed by atoms with E-state index >= 15 is 0 Å². The zero-order chi connectivity index (χ0) is 18.7. The average molecular weight is 364 g/mol. The van der Waals surface area contributed by atoms with Crippen molar-refractivity contribution in [2.24, 2.45) is 0 Å². The van der Waals surface area contributed by atoms with Crippen LogP contribution in [0.3, 0.4) is 0 Å². The van der Waals surface area contributed by atoms with E-state index in [9.17, 15) is 4.79 Å². The second-order valence-electron chi connectivity index (χ2n) is 8.13. The molecule has 1 saturated heterocycles. The van der Waals surface area contributed by atoms with Crippen LogP contribution in [0.2, 0.25) is 0 Å². The van der Waals surface area contributed by atoms with Gasteiger partial charge in [0.1, 0.15) is 0 Å². The summed E-state index contributed by atoms with van der Waals surface area (Å²) in [6.45, 7) is 4.30. The largest absolute Gasteiger partial charge is 0.339 e. The van der Waals surface area contributed by atoms with E-state index in [1.54, 1.807) is 0 Å². The molecule has 0 radical (unpaired) electrons. The quantitative estimate of drug-likeness (QED) is 0.133. The Morgan fingerprint density at radius 3 is 1.54 bits per heavy atom. The third-order valence-corrected chi connectivity index (χ3v) is 5.45. The van der Waals surface area contributed by atoms with Gasteiger partial charge in [-0.2, -0.15) is 0 Å². The summed E-state index contributed by atoms with van der Waals surface area (Å²) < 4.78 is 0. The number of amides is 1. The number of carbonyl (C=O) groups excluding carboxylic acids is 1. The van der Waals surface area contributed by atoms with E-state index in [-0.39, 0.29) is 0 Å². The molecule has 0 saturated carbocycles. The third-order valence-electron chi connectivity index (χ3n) is 5.45.